The van der Waals surface area contributed by atoms with Gasteiger partial charge in [0.25, 0.3) is 0 Å². The fourth-order valence-electron chi connectivity index (χ4n) is 3.14. The SMILES string of the molecule is CC(C)CCC(O)C(=NO)c1ccccc1.CCC(C)CC(O)C(=NO)c1ccccc1. The lowest BCUT2D eigenvalue weighted by atomic mass is 9.95. The van der Waals surface area contributed by atoms with Gasteiger partial charge in [-0.3, -0.25) is 0 Å². The van der Waals surface area contributed by atoms with Gasteiger partial charge in [0.2, 0.25) is 0 Å². The highest BCUT2D eigenvalue weighted by Crippen LogP contribution is 2.15. The molecule has 32 heavy (non-hydrogen) atoms. The number of oxime groups is 2. The Morgan fingerprint density at radius 2 is 1.16 bits per heavy atom. The highest BCUT2D eigenvalue weighted by Gasteiger charge is 2.18. The summed E-state index contributed by atoms with van der Waals surface area (Å²) < 4.78 is 0. The molecule has 2 aromatic carbocycles. The van der Waals surface area contributed by atoms with Crippen LogP contribution in [-0.2, 0) is 0 Å². The fourth-order valence-corrected chi connectivity index (χ4v) is 3.14. The quantitative estimate of drug-likeness (QED) is 0.227. The van der Waals surface area contributed by atoms with Gasteiger partial charge in [-0.05, 0) is 31.1 Å². The van der Waals surface area contributed by atoms with Crippen molar-refractivity contribution in [3.63, 3.8) is 0 Å². The number of hydrogen-bond donors (Lipinski definition) is 4. The van der Waals surface area contributed by atoms with Gasteiger partial charge in [0, 0.05) is 11.1 Å². The molecule has 0 saturated carbocycles. The van der Waals surface area contributed by atoms with E-state index in [0.29, 0.717) is 36.1 Å². The molecule has 0 heterocycles. The van der Waals surface area contributed by atoms with Crippen LogP contribution in [-0.4, -0.2) is 44.3 Å². The third kappa shape index (κ3) is 9.62. The third-order valence-electron chi connectivity index (χ3n) is 5.33. The Hall–Kier alpha value is -2.70. The molecule has 0 aromatic heterocycles. The zero-order valence-corrected chi connectivity index (χ0v) is 19.6. The Balaban J connectivity index is 0.000000320. The first-order valence-corrected chi connectivity index (χ1v) is 11.2. The number of aliphatic hydroxyl groups excluding tert-OH is 2. The summed E-state index contributed by atoms with van der Waals surface area (Å²) in [6.45, 7) is 8.36. The molecule has 0 aliphatic carbocycles. The monoisotopic (exact) mass is 442 g/mol. The van der Waals surface area contributed by atoms with Gasteiger partial charge in [-0.1, -0.05) is 105 Å². The molecule has 3 unspecified atom stereocenters. The summed E-state index contributed by atoms with van der Waals surface area (Å²) in [5.74, 6) is 0.945. The Morgan fingerprint density at radius 3 is 1.53 bits per heavy atom. The number of nitrogens with zero attached hydrogens (tertiary/aromatic N) is 2. The van der Waals surface area contributed by atoms with Crippen LogP contribution < -0.4 is 0 Å². The molecule has 6 heteroatoms. The van der Waals surface area contributed by atoms with Gasteiger partial charge in [-0.2, -0.15) is 0 Å². The maximum atomic E-state index is 9.97. The van der Waals surface area contributed by atoms with E-state index in [-0.39, 0.29) is 0 Å². The van der Waals surface area contributed by atoms with E-state index < -0.39 is 12.2 Å². The lowest BCUT2D eigenvalue weighted by Crippen LogP contribution is -2.24. The maximum Gasteiger partial charge on any atom is 0.115 e. The van der Waals surface area contributed by atoms with Crippen LogP contribution in [0.1, 0.15) is 64.5 Å². The number of aliphatic hydroxyl groups is 2. The molecule has 3 atom stereocenters. The summed E-state index contributed by atoms with van der Waals surface area (Å²) in [7, 11) is 0. The smallest absolute Gasteiger partial charge is 0.115 e. The Morgan fingerprint density at radius 1 is 0.719 bits per heavy atom. The molecule has 6 nitrogen and oxygen atoms in total. The van der Waals surface area contributed by atoms with Crippen LogP contribution in [0, 0.1) is 11.8 Å². The van der Waals surface area contributed by atoms with E-state index >= 15 is 0 Å². The molecular weight excluding hydrogens is 404 g/mol. The molecule has 0 saturated heterocycles. The van der Waals surface area contributed by atoms with E-state index in [1.807, 2.05) is 60.7 Å². The van der Waals surface area contributed by atoms with Gasteiger partial charge < -0.3 is 20.6 Å². The molecule has 0 spiro atoms. The summed E-state index contributed by atoms with van der Waals surface area (Å²) in [4.78, 5) is 0. The number of hydrogen-bond acceptors (Lipinski definition) is 6. The van der Waals surface area contributed by atoms with E-state index in [1.54, 1.807) is 0 Å². The van der Waals surface area contributed by atoms with Crippen molar-refractivity contribution in [3.8, 4) is 0 Å². The standard InChI is InChI=1S/2C13H19NO2/c1-10(2)8-9-12(15)13(14-16)11-6-4-3-5-7-11;1-3-10(2)9-12(15)13(14-16)11-7-5-4-6-8-11/h3-7,10,12,15-16H,8-9H2,1-2H3;4-8,10,12,15-16H,3,9H2,1-2H3. The molecule has 0 fully saturated rings. The summed E-state index contributed by atoms with van der Waals surface area (Å²) in [5, 5.41) is 44.2. The van der Waals surface area contributed by atoms with Crippen molar-refractivity contribution in [2.75, 3.05) is 0 Å². The Kier molecular flexibility index (Phi) is 12.9. The van der Waals surface area contributed by atoms with Crippen molar-refractivity contribution in [2.45, 2.75) is 65.6 Å². The predicted octanol–water partition coefficient (Wildman–Crippen LogP) is 5.32. The lowest BCUT2D eigenvalue weighted by molar-refractivity contribution is 0.199. The summed E-state index contributed by atoms with van der Waals surface area (Å²) in [6, 6.07) is 18.5. The minimum atomic E-state index is -0.706. The van der Waals surface area contributed by atoms with E-state index in [4.69, 9.17) is 10.4 Å². The first-order valence-electron chi connectivity index (χ1n) is 11.2. The predicted molar refractivity (Wildman–Crippen MR) is 130 cm³/mol. The van der Waals surface area contributed by atoms with Gasteiger partial charge in [-0.15, -0.1) is 0 Å². The van der Waals surface area contributed by atoms with Crippen LogP contribution in [0.2, 0.25) is 0 Å². The van der Waals surface area contributed by atoms with Crippen molar-refractivity contribution in [2.24, 2.45) is 22.1 Å². The van der Waals surface area contributed by atoms with Crippen molar-refractivity contribution in [1.82, 2.24) is 0 Å². The van der Waals surface area contributed by atoms with Crippen LogP contribution in [0.4, 0.5) is 0 Å². The van der Waals surface area contributed by atoms with E-state index in [2.05, 4.69) is 38.0 Å². The van der Waals surface area contributed by atoms with E-state index in [0.717, 1.165) is 24.0 Å². The number of benzene rings is 2. The first-order chi connectivity index (χ1) is 15.3. The van der Waals surface area contributed by atoms with Gasteiger partial charge in [-0.25, -0.2) is 0 Å². The van der Waals surface area contributed by atoms with Gasteiger partial charge >= 0.3 is 0 Å². The Bertz CT molecular complexity index is 807. The summed E-state index contributed by atoms with van der Waals surface area (Å²) in [6.07, 6.45) is 1.74. The average Bonchev–Trinajstić information content (AvgIpc) is 2.80. The second-order valence-electron chi connectivity index (χ2n) is 8.45. The fraction of sp³-hybridized carbons (Fsp3) is 0.462. The van der Waals surface area contributed by atoms with Crippen LogP contribution in [0.3, 0.4) is 0 Å². The highest BCUT2D eigenvalue weighted by atomic mass is 16.4. The minimum absolute atomic E-state index is 0.348. The summed E-state index contributed by atoms with van der Waals surface area (Å²) >= 11 is 0. The van der Waals surface area contributed by atoms with Crippen LogP contribution in [0.15, 0.2) is 71.0 Å². The minimum Gasteiger partial charge on any atom is -0.411 e. The normalized spacial score (nSPS) is 15.0. The average molecular weight is 443 g/mol. The molecule has 0 bridgehead atoms. The van der Waals surface area contributed by atoms with Gasteiger partial charge in [0.05, 0.1) is 6.10 Å². The van der Waals surface area contributed by atoms with Crippen molar-refractivity contribution in [1.29, 1.82) is 0 Å². The van der Waals surface area contributed by atoms with Gasteiger partial charge in [0.1, 0.15) is 17.5 Å². The van der Waals surface area contributed by atoms with Gasteiger partial charge in [0.15, 0.2) is 0 Å². The largest absolute Gasteiger partial charge is 0.411 e. The summed E-state index contributed by atoms with van der Waals surface area (Å²) in [5.41, 5.74) is 2.23. The molecule has 176 valence electrons. The van der Waals surface area contributed by atoms with Crippen molar-refractivity contribution in [3.05, 3.63) is 71.8 Å². The van der Waals surface area contributed by atoms with E-state index in [9.17, 15) is 10.2 Å². The first kappa shape index (κ1) is 27.3. The topological polar surface area (TPSA) is 106 Å². The van der Waals surface area contributed by atoms with Crippen LogP contribution >= 0.6 is 0 Å². The molecule has 4 N–H and O–H groups in total. The van der Waals surface area contributed by atoms with Crippen LogP contribution in [0.25, 0.3) is 0 Å². The third-order valence-corrected chi connectivity index (χ3v) is 5.33. The zero-order chi connectivity index (χ0) is 23.9. The second kappa shape index (κ2) is 15.2. The van der Waals surface area contributed by atoms with Crippen LogP contribution in [0.5, 0.6) is 0 Å². The van der Waals surface area contributed by atoms with E-state index in [1.165, 1.54) is 0 Å². The highest BCUT2D eigenvalue weighted by molar-refractivity contribution is 6.03. The molecule has 2 rings (SSSR count). The van der Waals surface area contributed by atoms with Crippen molar-refractivity contribution < 1.29 is 20.6 Å². The Labute approximate surface area is 191 Å². The van der Waals surface area contributed by atoms with Crippen molar-refractivity contribution >= 4 is 11.4 Å². The maximum absolute atomic E-state index is 9.97. The second-order valence-corrected chi connectivity index (χ2v) is 8.45. The molecule has 0 aliphatic heterocycles. The molecule has 0 amide bonds. The zero-order valence-electron chi connectivity index (χ0n) is 19.6. The molecule has 0 radical (unpaired) electrons. The lowest BCUT2D eigenvalue weighted by Gasteiger charge is -2.16. The molecule has 0 aliphatic rings. The molecule has 2 aromatic rings. The number of rotatable bonds is 10. The molecular formula is C26H38N2O4.